The molecule has 0 spiro atoms. The molecule has 4 heteroatoms. The van der Waals surface area contributed by atoms with Crippen LogP contribution in [0.25, 0.3) is 0 Å². The summed E-state index contributed by atoms with van der Waals surface area (Å²) in [7, 11) is 0. The zero-order valence-corrected chi connectivity index (χ0v) is 13.9. The normalized spacial score (nSPS) is 10.5. The molecule has 2 aromatic carbocycles. The van der Waals surface area contributed by atoms with Crippen LogP contribution in [0.15, 0.2) is 63.2 Å². The van der Waals surface area contributed by atoms with Crippen LogP contribution in [0, 0.1) is 0 Å². The third-order valence-corrected chi connectivity index (χ3v) is 5.37. The Kier molecular flexibility index (Phi) is 6.07. The van der Waals surface area contributed by atoms with E-state index in [1.807, 2.05) is 12.1 Å². The van der Waals surface area contributed by atoms with E-state index in [2.05, 4.69) is 42.7 Å². The lowest BCUT2D eigenvalue weighted by atomic mass is 10.2. The minimum Gasteiger partial charge on any atom is -0.288 e. The molecule has 0 heterocycles. The summed E-state index contributed by atoms with van der Waals surface area (Å²) in [5, 5.41) is 0.161. The van der Waals surface area contributed by atoms with Crippen LogP contribution in [-0.2, 0) is 10.5 Å². The number of hydrogen-bond acceptors (Lipinski definition) is 4. The lowest BCUT2D eigenvalue weighted by Crippen LogP contribution is -1.88. The van der Waals surface area contributed by atoms with Gasteiger partial charge < -0.3 is 0 Å². The molecule has 0 fully saturated rings. The Hall–Kier alpha value is -0.840. The molecule has 0 aliphatic carbocycles. The van der Waals surface area contributed by atoms with E-state index in [4.69, 9.17) is 0 Å². The third-order valence-electron chi connectivity index (χ3n) is 2.67. The van der Waals surface area contributed by atoms with E-state index in [0.717, 1.165) is 5.75 Å². The van der Waals surface area contributed by atoms with Crippen molar-refractivity contribution in [1.82, 2.24) is 0 Å². The van der Waals surface area contributed by atoms with E-state index in [1.165, 1.54) is 32.0 Å². The van der Waals surface area contributed by atoms with Gasteiger partial charge in [-0.05, 0) is 36.1 Å². The smallest absolute Gasteiger partial charge is 0.186 e. The molecule has 20 heavy (non-hydrogen) atoms. The monoisotopic (exact) mass is 320 g/mol. The molecule has 0 amide bonds. The van der Waals surface area contributed by atoms with Crippen molar-refractivity contribution in [2.75, 3.05) is 6.26 Å². The van der Waals surface area contributed by atoms with E-state index < -0.39 is 0 Å². The lowest BCUT2D eigenvalue weighted by molar-refractivity contribution is -0.109. The SMILES string of the molecule is CSc1cccc(Sc2ccccc2CSC(C)=O)c1. The van der Waals surface area contributed by atoms with Gasteiger partial charge in [0, 0.05) is 27.4 Å². The van der Waals surface area contributed by atoms with Crippen molar-refractivity contribution in [3.63, 3.8) is 0 Å². The van der Waals surface area contributed by atoms with Crippen LogP contribution in [0.5, 0.6) is 0 Å². The van der Waals surface area contributed by atoms with Gasteiger partial charge in [0.15, 0.2) is 5.12 Å². The number of benzene rings is 2. The maximum Gasteiger partial charge on any atom is 0.186 e. The Morgan fingerprint density at radius 1 is 1.05 bits per heavy atom. The van der Waals surface area contributed by atoms with Gasteiger partial charge in [0.2, 0.25) is 0 Å². The number of rotatable bonds is 5. The second kappa shape index (κ2) is 7.81. The predicted molar refractivity (Wildman–Crippen MR) is 90.8 cm³/mol. The highest BCUT2D eigenvalue weighted by molar-refractivity contribution is 8.12. The first-order valence-electron chi connectivity index (χ1n) is 6.22. The second-order valence-corrected chi connectivity index (χ2v) is 7.32. The summed E-state index contributed by atoms with van der Waals surface area (Å²) in [4.78, 5) is 14.8. The maximum atomic E-state index is 11.1. The molecule has 0 saturated heterocycles. The third kappa shape index (κ3) is 4.62. The van der Waals surface area contributed by atoms with Gasteiger partial charge in [-0.15, -0.1) is 11.8 Å². The predicted octanol–water partition coefficient (Wildman–Crippen LogP) is 5.34. The standard InChI is InChI=1S/C16H16OS3/c1-12(17)19-11-13-6-3-4-9-16(13)20-15-8-5-7-14(10-15)18-2/h3-10H,11H2,1-2H3. The average molecular weight is 321 g/mol. The van der Waals surface area contributed by atoms with Crippen LogP contribution in [-0.4, -0.2) is 11.4 Å². The van der Waals surface area contributed by atoms with Crippen LogP contribution in [0.3, 0.4) is 0 Å². The maximum absolute atomic E-state index is 11.1. The summed E-state index contributed by atoms with van der Waals surface area (Å²) >= 11 is 4.87. The molecule has 0 aliphatic heterocycles. The molecule has 2 rings (SSSR count). The van der Waals surface area contributed by atoms with Crippen molar-refractivity contribution in [2.24, 2.45) is 0 Å². The summed E-state index contributed by atoms with van der Waals surface area (Å²) in [5.41, 5.74) is 1.22. The minimum absolute atomic E-state index is 0.161. The molecule has 0 N–H and O–H groups in total. The van der Waals surface area contributed by atoms with Gasteiger partial charge in [-0.1, -0.05) is 47.8 Å². The second-order valence-electron chi connectivity index (χ2n) is 4.17. The van der Waals surface area contributed by atoms with Crippen molar-refractivity contribution in [2.45, 2.75) is 27.4 Å². The van der Waals surface area contributed by atoms with E-state index in [0.29, 0.717) is 0 Å². The first kappa shape index (κ1) is 15.5. The largest absolute Gasteiger partial charge is 0.288 e. The van der Waals surface area contributed by atoms with E-state index in [9.17, 15) is 4.79 Å². The quantitative estimate of drug-likeness (QED) is 0.691. The van der Waals surface area contributed by atoms with Gasteiger partial charge in [-0.3, -0.25) is 4.79 Å². The Bertz CT molecular complexity index is 596. The van der Waals surface area contributed by atoms with E-state index in [1.54, 1.807) is 30.4 Å². The zero-order chi connectivity index (χ0) is 14.4. The van der Waals surface area contributed by atoms with Gasteiger partial charge in [0.05, 0.1) is 0 Å². The summed E-state index contributed by atoms with van der Waals surface area (Å²) in [6.07, 6.45) is 2.08. The number of thioether (sulfide) groups is 2. The minimum atomic E-state index is 0.161. The number of carbonyl (C=O) groups excluding carboxylic acids is 1. The van der Waals surface area contributed by atoms with E-state index in [-0.39, 0.29) is 5.12 Å². The van der Waals surface area contributed by atoms with Gasteiger partial charge in [-0.25, -0.2) is 0 Å². The van der Waals surface area contributed by atoms with Crippen LogP contribution in [0.2, 0.25) is 0 Å². The molecular formula is C16H16OS3. The highest BCUT2D eigenvalue weighted by Gasteiger charge is 2.06. The highest BCUT2D eigenvalue weighted by atomic mass is 32.2. The fourth-order valence-electron chi connectivity index (χ4n) is 1.69. The summed E-state index contributed by atoms with van der Waals surface area (Å²) in [6, 6.07) is 16.8. The molecule has 0 bridgehead atoms. The van der Waals surface area contributed by atoms with Gasteiger partial charge in [0.1, 0.15) is 0 Å². The fraction of sp³-hybridized carbons (Fsp3) is 0.188. The van der Waals surface area contributed by atoms with Gasteiger partial charge in [-0.2, -0.15) is 0 Å². The van der Waals surface area contributed by atoms with Gasteiger partial charge >= 0.3 is 0 Å². The van der Waals surface area contributed by atoms with Crippen LogP contribution in [0.4, 0.5) is 0 Å². The topological polar surface area (TPSA) is 17.1 Å². The van der Waals surface area contributed by atoms with Gasteiger partial charge in [0.25, 0.3) is 0 Å². The van der Waals surface area contributed by atoms with Crippen molar-refractivity contribution >= 4 is 40.4 Å². The summed E-state index contributed by atoms with van der Waals surface area (Å²) < 4.78 is 0. The Morgan fingerprint density at radius 2 is 1.80 bits per heavy atom. The lowest BCUT2D eigenvalue weighted by Gasteiger charge is -2.09. The van der Waals surface area contributed by atoms with Crippen molar-refractivity contribution in [1.29, 1.82) is 0 Å². The molecule has 0 aliphatic rings. The summed E-state index contributed by atoms with van der Waals surface area (Å²) in [5.74, 6) is 0.737. The Morgan fingerprint density at radius 3 is 2.55 bits per heavy atom. The molecular weight excluding hydrogens is 304 g/mol. The van der Waals surface area contributed by atoms with Crippen molar-refractivity contribution in [3.8, 4) is 0 Å². The molecule has 104 valence electrons. The Labute approximate surface area is 132 Å². The zero-order valence-electron chi connectivity index (χ0n) is 11.5. The molecule has 2 aromatic rings. The first-order valence-corrected chi connectivity index (χ1v) is 9.25. The molecule has 0 aromatic heterocycles. The molecule has 0 saturated carbocycles. The highest BCUT2D eigenvalue weighted by Crippen LogP contribution is 2.33. The number of carbonyl (C=O) groups is 1. The van der Waals surface area contributed by atoms with Crippen LogP contribution >= 0.6 is 35.3 Å². The van der Waals surface area contributed by atoms with Crippen molar-refractivity contribution in [3.05, 3.63) is 54.1 Å². The summed E-state index contributed by atoms with van der Waals surface area (Å²) in [6.45, 7) is 1.61. The van der Waals surface area contributed by atoms with Crippen LogP contribution < -0.4 is 0 Å². The van der Waals surface area contributed by atoms with E-state index >= 15 is 0 Å². The molecule has 0 unspecified atom stereocenters. The molecule has 1 nitrogen and oxygen atoms in total. The molecule has 0 radical (unpaired) electrons. The Balaban J connectivity index is 2.17. The van der Waals surface area contributed by atoms with Crippen LogP contribution in [0.1, 0.15) is 12.5 Å². The first-order chi connectivity index (χ1) is 9.69. The number of hydrogen-bond donors (Lipinski definition) is 0. The molecule has 0 atom stereocenters. The van der Waals surface area contributed by atoms with Crippen molar-refractivity contribution < 1.29 is 4.79 Å². The average Bonchev–Trinajstić information content (AvgIpc) is 2.46. The fourth-order valence-corrected chi connectivity index (χ4v) is 3.93.